The molecule has 0 aromatic heterocycles. The molecule has 4 N–H and O–H groups in total. The predicted molar refractivity (Wildman–Crippen MR) is 40.9 cm³/mol. The molecule has 5 nitrogen and oxygen atoms in total. The van der Waals surface area contributed by atoms with Crippen LogP contribution in [-0.4, -0.2) is 25.0 Å². The van der Waals surface area contributed by atoms with Gasteiger partial charge in [-0.1, -0.05) is 6.92 Å². The van der Waals surface area contributed by atoms with Crippen LogP contribution in [0.5, 0.6) is 0 Å². The molecule has 3 amide bonds. The Morgan fingerprint density at radius 2 is 2.09 bits per heavy atom. The molecular formula is C6H13N3O2. The molecule has 1 unspecified atom stereocenters. The van der Waals surface area contributed by atoms with Gasteiger partial charge in [0.05, 0.1) is 0 Å². The summed E-state index contributed by atoms with van der Waals surface area (Å²) in [5.74, 6) is -0.517. The number of hydrogen-bond acceptors (Lipinski definition) is 2. The normalized spacial score (nSPS) is 11.8. The Morgan fingerprint density at radius 1 is 1.55 bits per heavy atom. The first kappa shape index (κ1) is 9.74. The van der Waals surface area contributed by atoms with E-state index in [1.807, 2.05) is 0 Å². The van der Waals surface area contributed by atoms with E-state index in [0.29, 0.717) is 6.42 Å². The van der Waals surface area contributed by atoms with Crippen molar-refractivity contribution in [2.24, 2.45) is 5.73 Å². The molecular weight excluding hydrogens is 146 g/mol. The van der Waals surface area contributed by atoms with Crippen LogP contribution in [0.25, 0.3) is 0 Å². The Balaban J connectivity index is 3.88. The topological polar surface area (TPSA) is 84.2 Å². The summed E-state index contributed by atoms with van der Waals surface area (Å²) >= 11 is 0. The smallest absolute Gasteiger partial charge is 0.315 e. The fraction of sp³-hybridized carbons (Fsp3) is 0.667. The van der Waals surface area contributed by atoms with Crippen LogP contribution in [0, 0.1) is 0 Å². The lowest BCUT2D eigenvalue weighted by Gasteiger charge is -2.11. The summed E-state index contributed by atoms with van der Waals surface area (Å²) < 4.78 is 0. The van der Waals surface area contributed by atoms with Gasteiger partial charge in [0.1, 0.15) is 6.04 Å². The average Bonchev–Trinajstić information content (AvgIpc) is 1.99. The van der Waals surface area contributed by atoms with E-state index in [1.54, 1.807) is 6.92 Å². The molecule has 0 saturated heterocycles. The summed E-state index contributed by atoms with van der Waals surface area (Å²) in [7, 11) is 1.48. The maximum absolute atomic E-state index is 10.7. The molecule has 0 aliphatic rings. The van der Waals surface area contributed by atoms with Crippen molar-refractivity contribution in [1.29, 1.82) is 0 Å². The number of nitrogens with one attached hydrogen (secondary N) is 2. The van der Waals surface area contributed by atoms with Crippen LogP contribution in [0.2, 0.25) is 0 Å². The number of carbonyl (C=O) groups excluding carboxylic acids is 2. The summed E-state index contributed by atoms with van der Waals surface area (Å²) in [4.78, 5) is 21.2. The Kier molecular flexibility index (Phi) is 4.02. The number of carbonyl (C=O) groups is 2. The van der Waals surface area contributed by atoms with E-state index in [-0.39, 0.29) is 0 Å². The van der Waals surface area contributed by atoms with Gasteiger partial charge in [-0.25, -0.2) is 4.79 Å². The van der Waals surface area contributed by atoms with Crippen LogP contribution >= 0.6 is 0 Å². The van der Waals surface area contributed by atoms with E-state index in [2.05, 4.69) is 10.6 Å². The third-order valence-electron chi connectivity index (χ3n) is 1.28. The fourth-order valence-electron chi connectivity index (χ4n) is 0.605. The van der Waals surface area contributed by atoms with Gasteiger partial charge in [-0.05, 0) is 6.42 Å². The van der Waals surface area contributed by atoms with Crippen LogP contribution in [-0.2, 0) is 4.79 Å². The van der Waals surface area contributed by atoms with Gasteiger partial charge in [0.25, 0.3) is 0 Å². The Bertz CT molecular complexity index is 158. The van der Waals surface area contributed by atoms with Gasteiger partial charge in [-0.2, -0.15) is 0 Å². The second-order valence-corrected chi connectivity index (χ2v) is 2.09. The second kappa shape index (κ2) is 4.54. The van der Waals surface area contributed by atoms with Crippen molar-refractivity contribution in [3.8, 4) is 0 Å². The molecule has 0 fully saturated rings. The van der Waals surface area contributed by atoms with E-state index < -0.39 is 18.0 Å². The first-order valence-electron chi connectivity index (χ1n) is 3.39. The van der Waals surface area contributed by atoms with Gasteiger partial charge in [-0.3, -0.25) is 4.79 Å². The second-order valence-electron chi connectivity index (χ2n) is 2.09. The number of amides is 3. The van der Waals surface area contributed by atoms with Crippen molar-refractivity contribution in [2.75, 3.05) is 7.05 Å². The standard InChI is InChI=1S/C6H13N3O2/c1-3-4(5(7)10)9-6(11)8-2/h4H,3H2,1-2H3,(H2,7,10)(H2,8,9,11). The molecule has 0 aromatic rings. The van der Waals surface area contributed by atoms with Gasteiger partial charge in [0.15, 0.2) is 0 Å². The summed E-state index contributed by atoms with van der Waals surface area (Å²) in [5, 5.41) is 4.72. The van der Waals surface area contributed by atoms with Gasteiger partial charge < -0.3 is 16.4 Å². The van der Waals surface area contributed by atoms with Gasteiger partial charge in [0.2, 0.25) is 5.91 Å². The van der Waals surface area contributed by atoms with Crippen molar-refractivity contribution in [3.05, 3.63) is 0 Å². The summed E-state index contributed by atoms with van der Waals surface area (Å²) in [6.07, 6.45) is 0.503. The molecule has 0 bridgehead atoms. The Morgan fingerprint density at radius 3 is 2.36 bits per heavy atom. The highest BCUT2D eigenvalue weighted by molar-refractivity contribution is 5.85. The highest BCUT2D eigenvalue weighted by Gasteiger charge is 2.13. The highest BCUT2D eigenvalue weighted by atomic mass is 16.2. The number of nitrogens with two attached hydrogens (primary N) is 1. The largest absolute Gasteiger partial charge is 0.368 e. The first-order chi connectivity index (χ1) is 5.11. The van der Waals surface area contributed by atoms with Crippen molar-refractivity contribution < 1.29 is 9.59 Å². The van der Waals surface area contributed by atoms with Gasteiger partial charge >= 0.3 is 6.03 Å². The molecule has 1 atom stereocenters. The van der Waals surface area contributed by atoms with Crippen LogP contribution in [0.4, 0.5) is 4.79 Å². The fourth-order valence-corrected chi connectivity index (χ4v) is 0.605. The molecule has 0 aliphatic carbocycles. The quantitative estimate of drug-likeness (QED) is 0.502. The zero-order valence-electron chi connectivity index (χ0n) is 6.68. The maximum Gasteiger partial charge on any atom is 0.315 e. The van der Waals surface area contributed by atoms with Crippen LogP contribution < -0.4 is 16.4 Å². The minimum Gasteiger partial charge on any atom is -0.368 e. The summed E-state index contributed by atoms with van der Waals surface area (Å²) in [6, 6.07) is -0.967. The summed E-state index contributed by atoms with van der Waals surface area (Å²) in [5.41, 5.74) is 4.97. The molecule has 0 radical (unpaired) electrons. The molecule has 0 aromatic carbocycles. The lowest BCUT2D eigenvalue weighted by atomic mass is 10.2. The Hall–Kier alpha value is -1.26. The minimum atomic E-state index is -0.574. The van der Waals surface area contributed by atoms with Crippen molar-refractivity contribution in [3.63, 3.8) is 0 Å². The molecule has 0 saturated carbocycles. The molecule has 64 valence electrons. The SMILES string of the molecule is CCC(NC(=O)NC)C(N)=O. The van der Waals surface area contributed by atoms with E-state index in [0.717, 1.165) is 0 Å². The van der Waals surface area contributed by atoms with Crippen molar-refractivity contribution in [2.45, 2.75) is 19.4 Å². The third-order valence-corrected chi connectivity index (χ3v) is 1.28. The molecule has 0 heterocycles. The molecule has 0 aliphatic heterocycles. The number of primary amides is 1. The van der Waals surface area contributed by atoms with E-state index in [4.69, 9.17) is 5.73 Å². The third kappa shape index (κ3) is 3.44. The number of hydrogen-bond donors (Lipinski definition) is 3. The average molecular weight is 159 g/mol. The zero-order valence-corrected chi connectivity index (χ0v) is 6.68. The van der Waals surface area contributed by atoms with E-state index in [9.17, 15) is 9.59 Å². The zero-order chi connectivity index (χ0) is 8.85. The summed E-state index contributed by atoms with van der Waals surface area (Å²) in [6.45, 7) is 1.77. The van der Waals surface area contributed by atoms with Crippen LogP contribution in [0.15, 0.2) is 0 Å². The van der Waals surface area contributed by atoms with Crippen LogP contribution in [0.1, 0.15) is 13.3 Å². The minimum absolute atomic E-state index is 0.393. The van der Waals surface area contributed by atoms with E-state index in [1.165, 1.54) is 7.05 Å². The van der Waals surface area contributed by atoms with Crippen molar-refractivity contribution >= 4 is 11.9 Å². The van der Waals surface area contributed by atoms with Gasteiger partial charge in [0, 0.05) is 7.05 Å². The highest BCUT2D eigenvalue weighted by Crippen LogP contribution is 1.87. The number of rotatable bonds is 3. The van der Waals surface area contributed by atoms with E-state index >= 15 is 0 Å². The maximum atomic E-state index is 10.7. The van der Waals surface area contributed by atoms with Crippen molar-refractivity contribution in [1.82, 2.24) is 10.6 Å². The molecule has 0 spiro atoms. The van der Waals surface area contributed by atoms with Crippen LogP contribution in [0.3, 0.4) is 0 Å². The number of urea groups is 1. The Labute approximate surface area is 65.3 Å². The van der Waals surface area contributed by atoms with Gasteiger partial charge in [-0.15, -0.1) is 0 Å². The molecule has 0 rings (SSSR count). The lowest BCUT2D eigenvalue weighted by Crippen LogP contribution is -2.47. The lowest BCUT2D eigenvalue weighted by molar-refractivity contribution is -0.119. The monoisotopic (exact) mass is 159 g/mol. The predicted octanol–water partition coefficient (Wildman–Crippen LogP) is -0.821. The molecule has 11 heavy (non-hydrogen) atoms. The molecule has 5 heteroatoms. The first-order valence-corrected chi connectivity index (χ1v) is 3.39.